The van der Waals surface area contributed by atoms with Crippen molar-refractivity contribution in [3.63, 3.8) is 0 Å². The molecule has 0 heterocycles. The van der Waals surface area contributed by atoms with Gasteiger partial charge in [0.25, 0.3) is 0 Å². The fourth-order valence-corrected chi connectivity index (χ4v) is 3.26. The predicted octanol–water partition coefficient (Wildman–Crippen LogP) is 2.25. The highest BCUT2D eigenvalue weighted by Crippen LogP contribution is 2.17. The number of benzene rings is 1. The molecule has 108 valence electrons. The highest BCUT2D eigenvalue weighted by atomic mass is 32.2. The molecule has 1 atom stereocenters. The second-order valence-electron chi connectivity index (χ2n) is 4.60. The van der Waals surface area contributed by atoms with Gasteiger partial charge in [-0.05, 0) is 50.6 Å². The molecule has 1 aromatic rings. The van der Waals surface area contributed by atoms with Crippen molar-refractivity contribution in [3.05, 3.63) is 24.3 Å². The Morgan fingerprint density at radius 2 is 1.89 bits per heavy atom. The zero-order chi connectivity index (χ0) is 14.3. The maximum Gasteiger partial charge on any atom is 0.178 e. The number of sulfone groups is 1. The normalized spacial score (nSPS) is 13.2. The van der Waals surface area contributed by atoms with Gasteiger partial charge in [0, 0.05) is 6.04 Å². The quantitative estimate of drug-likeness (QED) is 0.796. The summed E-state index contributed by atoms with van der Waals surface area (Å²) in [6, 6.07) is 6.91. The first-order valence-electron chi connectivity index (χ1n) is 6.59. The molecule has 1 N–H and O–H groups in total. The molecule has 0 aliphatic carbocycles. The largest absolute Gasteiger partial charge is 0.497 e. The molecule has 4 nitrogen and oxygen atoms in total. The summed E-state index contributed by atoms with van der Waals surface area (Å²) in [4.78, 5) is 0.365. The molecule has 0 aliphatic rings. The van der Waals surface area contributed by atoms with Crippen LogP contribution in [0.3, 0.4) is 0 Å². The highest BCUT2D eigenvalue weighted by molar-refractivity contribution is 7.91. The van der Waals surface area contributed by atoms with Crippen molar-refractivity contribution in [2.45, 2.75) is 37.6 Å². The third kappa shape index (κ3) is 5.20. The summed E-state index contributed by atoms with van der Waals surface area (Å²) in [5, 5.41) is 3.28. The van der Waals surface area contributed by atoms with Gasteiger partial charge in [-0.15, -0.1) is 0 Å². The number of hydrogen-bond acceptors (Lipinski definition) is 4. The Morgan fingerprint density at radius 1 is 1.26 bits per heavy atom. The third-order valence-corrected chi connectivity index (χ3v) is 4.84. The maximum atomic E-state index is 12.1. The van der Waals surface area contributed by atoms with E-state index in [9.17, 15) is 8.42 Å². The second-order valence-corrected chi connectivity index (χ2v) is 6.70. The van der Waals surface area contributed by atoms with Crippen LogP contribution in [0.15, 0.2) is 29.2 Å². The second kappa shape index (κ2) is 7.50. The van der Waals surface area contributed by atoms with Gasteiger partial charge in [0.1, 0.15) is 5.75 Å². The van der Waals surface area contributed by atoms with Crippen molar-refractivity contribution < 1.29 is 13.2 Å². The van der Waals surface area contributed by atoms with E-state index in [4.69, 9.17) is 4.74 Å². The summed E-state index contributed by atoms with van der Waals surface area (Å²) < 4.78 is 29.2. The monoisotopic (exact) mass is 285 g/mol. The Balaban J connectivity index is 2.55. The minimum absolute atomic E-state index is 0.190. The first-order chi connectivity index (χ1) is 8.99. The predicted molar refractivity (Wildman–Crippen MR) is 77.4 cm³/mol. The highest BCUT2D eigenvalue weighted by Gasteiger charge is 2.14. The van der Waals surface area contributed by atoms with Crippen molar-refractivity contribution in [1.29, 1.82) is 0 Å². The third-order valence-electron chi connectivity index (χ3n) is 3.02. The Hall–Kier alpha value is -1.07. The van der Waals surface area contributed by atoms with Gasteiger partial charge < -0.3 is 10.1 Å². The summed E-state index contributed by atoms with van der Waals surface area (Å²) >= 11 is 0. The fourth-order valence-electron chi connectivity index (χ4n) is 1.93. The lowest BCUT2D eigenvalue weighted by Crippen LogP contribution is -2.26. The van der Waals surface area contributed by atoms with Gasteiger partial charge >= 0.3 is 0 Å². The van der Waals surface area contributed by atoms with E-state index in [0.717, 1.165) is 13.0 Å². The Labute approximate surface area is 116 Å². The Kier molecular flexibility index (Phi) is 6.31. The molecule has 0 bridgehead atoms. The van der Waals surface area contributed by atoms with Crippen molar-refractivity contribution in [3.8, 4) is 5.75 Å². The molecule has 0 radical (unpaired) electrons. The van der Waals surface area contributed by atoms with Crippen LogP contribution in [0.5, 0.6) is 5.75 Å². The number of ether oxygens (including phenoxy) is 1. The minimum Gasteiger partial charge on any atom is -0.497 e. The van der Waals surface area contributed by atoms with Gasteiger partial charge in [0.2, 0.25) is 0 Å². The topological polar surface area (TPSA) is 55.4 Å². The summed E-state index contributed by atoms with van der Waals surface area (Å²) in [7, 11) is -1.62. The van der Waals surface area contributed by atoms with E-state index in [0.29, 0.717) is 23.1 Å². The molecule has 19 heavy (non-hydrogen) atoms. The lowest BCUT2D eigenvalue weighted by molar-refractivity contribution is 0.414. The molecular weight excluding hydrogens is 262 g/mol. The first-order valence-corrected chi connectivity index (χ1v) is 8.25. The molecule has 0 saturated heterocycles. The molecule has 0 aromatic heterocycles. The van der Waals surface area contributed by atoms with Gasteiger partial charge in [0.15, 0.2) is 9.84 Å². The standard InChI is InChI=1S/C14H23NO3S/c1-4-15-12(2)6-5-11-19(16,17)14-9-7-13(18-3)8-10-14/h7-10,12,15H,4-6,11H2,1-3H3. The molecule has 1 unspecified atom stereocenters. The van der Waals surface area contributed by atoms with E-state index in [1.807, 2.05) is 6.92 Å². The first kappa shape index (κ1) is 16.0. The van der Waals surface area contributed by atoms with E-state index in [2.05, 4.69) is 12.2 Å². The van der Waals surface area contributed by atoms with Crippen LogP contribution in [-0.4, -0.2) is 33.9 Å². The molecule has 0 spiro atoms. The van der Waals surface area contributed by atoms with Crippen LogP contribution in [0.2, 0.25) is 0 Å². The molecule has 1 aromatic carbocycles. The zero-order valence-corrected chi connectivity index (χ0v) is 12.7. The minimum atomic E-state index is -3.18. The Morgan fingerprint density at radius 3 is 2.42 bits per heavy atom. The number of methoxy groups -OCH3 is 1. The molecule has 0 aliphatic heterocycles. The van der Waals surface area contributed by atoms with Crippen molar-refractivity contribution in [2.24, 2.45) is 0 Å². The van der Waals surface area contributed by atoms with E-state index >= 15 is 0 Å². The molecule has 1 rings (SSSR count). The lowest BCUT2D eigenvalue weighted by Gasteiger charge is -2.12. The van der Waals surface area contributed by atoms with Crippen LogP contribution >= 0.6 is 0 Å². The summed E-state index contributed by atoms with van der Waals surface area (Å²) in [5.41, 5.74) is 0. The van der Waals surface area contributed by atoms with E-state index in [1.54, 1.807) is 31.4 Å². The van der Waals surface area contributed by atoms with Crippen molar-refractivity contribution >= 4 is 9.84 Å². The van der Waals surface area contributed by atoms with Crippen LogP contribution < -0.4 is 10.1 Å². The number of rotatable bonds is 8. The van der Waals surface area contributed by atoms with Crippen LogP contribution in [0, 0.1) is 0 Å². The SMILES string of the molecule is CCNC(C)CCCS(=O)(=O)c1ccc(OC)cc1. The average molecular weight is 285 g/mol. The molecular formula is C14H23NO3S. The van der Waals surface area contributed by atoms with Gasteiger partial charge in [-0.1, -0.05) is 6.92 Å². The fraction of sp³-hybridized carbons (Fsp3) is 0.571. The number of hydrogen-bond donors (Lipinski definition) is 1. The molecule has 0 fully saturated rings. The zero-order valence-electron chi connectivity index (χ0n) is 11.8. The van der Waals surface area contributed by atoms with Gasteiger partial charge in [-0.25, -0.2) is 8.42 Å². The maximum absolute atomic E-state index is 12.1. The summed E-state index contributed by atoms with van der Waals surface area (Å²) in [6.45, 7) is 5.03. The van der Waals surface area contributed by atoms with Crippen molar-refractivity contribution in [2.75, 3.05) is 19.4 Å². The van der Waals surface area contributed by atoms with E-state index in [-0.39, 0.29) is 5.75 Å². The van der Waals surface area contributed by atoms with Gasteiger partial charge in [0.05, 0.1) is 17.8 Å². The van der Waals surface area contributed by atoms with Crippen LogP contribution in [-0.2, 0) is 9.84 Å². The lowest BCUT2D eigenvalue weighted by atomic mass is 10.2. The van der Waals surface area contributed by atoms with Crippen LogP contribution in [0.25, 0.3) is 0 Å². The summed E-state index contributed by atoms with van der Waals surface area (Å²) in [5.74, 6) is 0.856. The molecule has 0 amide bonds. The average Bonchev–Trinajstić information content (AvgIpc) is 2.39. The number of nitrogens with one attached hydrogen (secondary N) is 1. The van der Waals surface area contributed by atoms with Gasteiger partial charge in [-0.2, -0.15) is 0 Å². The van der Waals surface area contributed by atoms with E-state index in [1.165, 1.54) is 0 Å². The smallest absolute Gasteiger partial charge is 0.178 e. The molecule has 5 heteroatoms. The van der Waals surface area contributed by atoms with Gasteiger partial charge in [-0.3, -0.25) is 0 Å². The molecule has 0 saturated carbocycles. The van der Waals surface area contributed by atoms with Crippen molar-refractivity contribution in [1.82, 2.24) is 5.32 Å². The van der Waals surface area contributed by atoms with Crippen LogP contribution in [0.4, 0.5) is 0 Å². The van der Waals surface area contributed by atoms with Crippen LogP contribution in [0.1, 0.15) is 26.7 Å². The van der Waals surface area contributed by atoms with E-state index < -0.39 is 9.84 Å². The summed E-state index contributed by atoms with van der Waals surface area (Å²) in [6.07, 6.45) is 1.53. The Bertz CT molecular complexity index is 468.